The second-order valence-electron chi connectivity index (χ2n) is 6.98. The molecule has 130 valence electrons. The summed E-state index contributed by atoms with van der Waals surface area (Å²) in [5.41, 5.74) is 5.94. The Balaban J connectivity index is 1.83. The summed E-state index contributed by atoms with van der Waals surface area (Å²) in [7, 11) is 0. The van der Waals surface area contributed by atoms with Crippen molar-refractivity contribution in [1.29, 1.82) is 0 Å². The Morgan fingerprint density at radius 3 is 2.21 bits per heavy atom. The highest BCUT2D eigenvalue weighted by Gasteiger charge is 2.28. The van der Waals surface area contributed by atoms with Crippen molar-refractivity contribution in [2.75, 3.05) is 0 Å². The molecule has 0 radical (unpaired) electrons. The minimum Gasteiger partial charge on any atom is -0.287 e. The molecular weight excluding hydrogens is 344 g/mol. The number of nitrogens with zero attached hydrogens (tertiary/aromatic N) is 2. The van der Waals surface area contributed by atoms with Crippen LogP contribution in [0.4, 0.5) is 0 Å². The first kappa shape index (κ1) is 15.2. The van der Waals surface area contributed by atoms with Gasteiger partial charge in [-0.25, -0.2) is 4.98 Å². The Kier molecular flexibility index (Phi) is 3.03. The molecule has 0 saturated heterocycles. The molecule has 5 aromatic rings. The molecule has 6 rings (SSSR count). The Morgan fingerprint density at radius 2 is 1.36 bits per heavy atom. The smallest absolute Gasteiger partial charge is 0.212 e. The van der Waals surface area contributed by atoms with Crippen molar-refractivity contribution in [3.8, 4) is 22.4 Å². The maximum Gasteiger partial charge on any atom is 0.212 e. The van der Waals surface area contributed by atoms with E-state index in [0.717, 1.165) is 44.1 Å². The molecular formula is C25H14N2O. The number of fused-ring (bicyclic) bond motifs is 4. The van der Waals surface area contributed by atoms with Crippen LogP contribution in [0.5, 0.6) is 0 Å². The van der Waals surface area contributed by atoms with Gasteiger partial charge in [0.1, 0.15) is 5.69 Å². The van der Waals surface area contributed by atoms with E-state index in [0.29, 0.717) is 11.3 Å². The van der Waals surface area contributed by atoms with E-state index in [-0.39, 0.29) is 5.78 Å². The Bertz CT molecular complexity index is 1420. The van der Waals surface area contributed by atoms with E-state index in [1.807, 2.05) is 66.9 Å². The van der Waals surface area contributed by atoms with Gasteiger partial charge in [0.2, 0.25) is 5.78 Å². The van der Waals surface area contributed by atoms with Gasteiger partial charge in [-0.15, -0.1) is 0 Å². The fourth-order valence-corrected chi connectivity index (χ4v) is 4.24. The van der Waals surface area contributed by atoms with Gasteiger partial charge in [0.25, 0.3) is 0 Å². The number of carbonyl (C=O) groups excluding carboxylic acids is 1. The lowest BCUT2D eigenvalue weighted by atomic mass is 9.86. The van der Waals surface area contributed by atoms with Gasteiger partial charge in [-0.3, -0.25) is 9.78 Å². The minimum atomic E-state index is -0.0342. The van der Waals surface area contributed by atoms with E-state index in [1.165, 1.54) is 0 Å². The van der Waals surface area contributed by atoms with Gasteiger partial charge in [-0.2, -0.15) is 0 Å². The highest BCUT2D eigenvalue weighted by atomic mass is 16.1. The summed E-state index contributed by atoms with van der Waals surface area (Å²) >= 11 is 0. The second-order valence-corrected chi connectivity index (χ2v) is 6.98. The second kappa shape index (κ2) is 5.57. The van der Waals surface area contributed by atoms with Crippen LogP contribution in [-0.4, -0.2) is 15.8 Å². The quantitative estimate of drug-likeness (QED) is 0.356. The van der Waals surface area contributed by atoms with Crippen LogP contribution in [-0.2, 0) is 0 Å². The molecule has 1 aliphatic carbocycles. The zero-order valence-corrected chi connectivity index (χ0v) is 14.9. The highest BCUT2D eigenvalue weighted by Crippen LogP contribution is 2.41. The summed E-state index contributed by atoms with van der Waals surface area (Å²) in [6.07, 6.45) is 1.83. The number of ketones is 1. The summed E-state index contributed by atoms with van der Waals surface area (Å²) in [6, 6.07) is 26.0. The Morgan fingerprint density at radius 1 is 0.607 bits per heavy atom. The van der Waals surface area contributed by atoms with Crippen LogP contribution in [0.3, 0.4) is 0 Å². The van der Waals surface area contributed by atoms with Crippen molar-refractivity contribution in [3.05, 3.63) is 96.3 Å². The van der Waals surface area contributed by atoms with Crippen molar-refractivity contribution in [2.24, 2.45) is 0 Å². The number of hydrogen-bond acceptors (Lipinski definition) is 3. The van der Waals surface area contributed by atoms with E-state index >= 15 is 0 Å². The van der Waals surface area contributed by atoms with Gasteiger partial charge < -0.3 is 0 Å². The molecule has 0 spiro atoms. The summed E-state index contributed by atoms with van der Waals surface area (Å²) in [5, 5.41) is 2.93. The lowest BCUT2D eigenvalue weighted by Gasteiger charge is -2.20. The fourth-order valence-electron chi connectivity index (χ4n) is 4.24. The monoisotopic (exact) mass is 358 g/mol. The first-order chi connectivity index (χ1) is 13.8. The van der Waals surface area contributed by atoms with Crippen molar-refractivity contribution in [2.45, 2.75) is 0 Å². The predicted molar refractivity (Wildman–Crippen MR) is 111 cm³/mol. The lowest BCUT2D eigenvalue weighted by Crippen LogP contribution is -2.13. The molecule has 0 atom stereocenters. The third-order valence-electron chi connectivity index (χ3n) is 5.46. The molecule has 2 heterocycles. The molecule has 0 unspecified atom stereocenters. The first-order valence-electron chi connectivity index (χ1n) is 9.24. The molecule has 0 N–H and O–H groups in total. The van der Waals surface area contributed by atoms with Gasteiger partial charge in [-0.1, -0.05) is 66.7 Å². The number of aromatic nitrogens is 2. The van der Waals surface area contributed by atoms with Gasteiger partial charge in [-0.05, 0) is 28.6 Å². The first-order valence-corrected chi connectivity index (χ1v) is 9.24. The van der Waals surface area contributed by atoms with Crippen LogP contribution >= 0.6 is 0 Å². The Hall–Kier alpha value is -3.85. The summed E-state index contributed by atoms with van der Waals surface area (Å²) in [5.74, 6) is -0.0342. The van der Waals surface area contributed by atoms with Crippen LogP contribution in [0.15, 0.2) is 85.1 Å². The van der Waals surface area contributed by atoms with Crippen LogP contribution in [0.2, 0.25) is 0 Å². The van der Waals surface area contributed by atoms with Gasteiger partial charge in [0.05, 0.1) is 11.2 Å². The molecule has 3 heteroatoms. The SMILES string of the molecule is O=C1c2ccccc2-c2nccc3c2c1nc1cccc(-c2ccccc2)c13. The zero-order chi connectivity index (χ0) is 18.7. The maximum absolute atomic E-state index is 13.2. The third-order valence-corrected chi connectivity index (χ3v) is 5.46. The van der Waals surface area contributed by atoms with Crippen molar-refractivity contribution < 1.29 is 4.79 Å². The highest BCUT2D eigenvalue weighted by molar-refractivity contribution is 6.28. The number of hydrogen-bond donors (Lipinski definition) is 0. The van der Waals surface area contributed by atoms with Crippen molar-refractivity contribution in [1.82, 2.24) is 9.97 Å². The maximum atomic E-state index is 13.2. The molecule has 3 aromatic carbocycles. The van der Waals surface area contributed by atoms with Gasteiger partial charge in [0, 0.05) is 28.1 Å². The molecule has 0 fully saturated rings. The zero-order valence-electron chi connectivity index (χ0n) is 14.9. The molecule has 0 amide bonds. The van der Waals surface area contributed by atoms with E-state index in [2.05, 4.69) is 23.2 Å². The summed E-state index contributed by atoms with van der Waals surface area (Å²) in [6.45, 7) is 0. The van der Waals surface area contributed by atoms with E-state index in [9.17, 15) is 4.79 Å². The number of benzene rings is 3. The van der Waals surface area contributed by atoms with Gasteiger partial charge >= 0.3 is 0 Å². The fraction of sp³-hybridized carbons (Fsp3) is 0. The average Bonchev–Trinajstić information content (AvgIpc) is 2.77. The summed E-state index contributed by atoms with van der Waals surface area (Å²) in [4.78, 5) is 22.6. The Labute approximate surface area is 161 Å². The third kappa shape index (κ3) is 1.96. The molecule has 0 bridgehead atoms. The molecule has 1 aliphatic rings. The minimum absolute atomic E-state index is 0.0342. The number of rotatable bonds is 1. The van der Waals surface area contributed by atoms with E-state index in [1.54, 1.807) is 0 Å². The molecule has 3 nitrogen and oxygen atoms in total. The normalized spacial score (nSPS) is 12.4. The molecule has 28 heavy (non-hydrogen) atoms. The molecule has 0 saturated carbocycles. The van der Waals surface area contributed by atoms with Crippen molar-refractivity contribution in [3.63, 3.8) is 0 Å². The van der Waals surface area contributed by atoms with Gasteiger partial charge in [0.15, 0.2) is 0 Å². The number of pyridine rings is 2. The molecule has 2 aromatic heterocycles. The van der Waals surface area contributed by atoms with E-state index < -0.39 is 0 Å². The van der Waals surface area contributed by atoms with Crippen LogP contribution in [0.25, 0.3) is 44.1 Å². The predicted octanol–water partition coefficient (Wildman–Crippen LogP) is 5.66. The summed E-state index contributed by atoms with van der Waals surface area (Å²) < 4.78 is 0. The average molecular weight is 358 g/mol. The van der Waals surface area contributed by atoms with Crippen LogP contribution in [0, 0.1) is 0 Å². The largest absolute Gasteiger partial charge is 0.287 e. The van der Waals surface area contributed by atoms with E-state index in [4.69, 9.17) is 4.98 Å². The number of carbonyl (C=O) groups is 1. The standard InChI is InChI=1S/C25H14N2O/c28-25-18-10-5-4-9-17(18)23-22-19(13-14-26-23)21-16(15-7-2-1-3-8-15)11-6-12-20(21)27-24(22)25/h1-14H. The topological polar surface area (TPSA) is 42.9 Å². The van der Waals surface area contributed by atoms with Crippen LogP contribution < -0.4 is 0 Å². The molecule has 0 aliphatic heterocycles. The van der Waals surface area contributed by atoms with Crippen molar-refractivity contribution >= 4 is 27.5 Å². The lowest BCUT2D eigenvalue weighted by molar-refractivity contribution is 0.103. The van der Waals surface area contributed by atoms with Crippen LogP contribution in [0.1, 0.15) is 16.1 Å².